The largest absolute Gasteiger partial charge is 0.366 e. The first-order valence-corrected chi connectivity index (χ1v) is 10.00. The second-order valence-corrected chi connectivity index (χ2v) is 7.87. The highest BCUT2D eigenvalue weighted by Gasteiger charge is 2.22. The molecule has 0 atom stereocenters. The Morgan fingerprint density at radius 3 is 1.53 bits per heavy atom. The predicted molar refractivity (Wildman–Crippen MR) is 125 cm³/mol. The molecule has 0 saturated heterocycles. The van der Waals surface area contributed by atoms with Gasteiger partial charge in [-0.2, -0.15) is 0 Å². The van der Waals surface area contributed by atoms with E-state index in [1.807, 2.05) is 18.2 Å². The molecular weight excluding hydrogens is 406 g/mol. The molecule has 7 nitrogen and oxygen atoms in total. The molecule has 10 bridgehead atoms. The van der Waals surface area contributed by atoms with Crippen LogP contribution in [0.1, 0.15) is 20.7 Å². The Hall–Kier alpha value is -4.52. The van der Waals surface area contributed by atoms with Crippen molar-refractivity contribution in [1.29, 1.82) is 0 Å². The van der Waals surface area contributed by atoms with Crippen LogP contribution in [0, 0.1) is 0 Å². The zero-order valence-electron chi connectivity index (χ0n) is 16.8. The lowest BCUT2D eigenvalue weighted by molar-refractivity contribution is 0.0963. The van der Waals surface area contributed by atoms with E-state index in [0.29, 0.717) is 16.3 Å². The van der Waals surface area contributed by atoms with Gasteiger partial charge in [-0.25, -0.2) is 0 Å². The highest BCUT2D eigenvalue weighted by molar-refractivity contribution is 6.38. The molecule has 32 heavy (non-hydrogen) atoms. The van der Waals surface area contributed by atoms with E-state index in [9.17, 15) is 19.2 Å². The summed E-state index contributed by atoms with van der Waals surface area (Å²) < 4.78 is 0. The van der Waals surface area contributed by atoms with E-state index in [0.717, 1.165) is 32.3 Å². The molecule has 3 aromatic heterocycles. The second-order valence-electron chi connectivity index (χ2n) is 7.87. The smallest absolute Gasteiger partial charge is 0.258 e. The zero-order valence-corrected chi connectivity index (χ0v) is 16.8. The summed E-state index contributed by atoms with van der Waals surface area (Å²) in [6.07, 6.45) is 0. The maximum atomic E-state index is 13.2. The number of primary amides is 1. The molecule has 0 unspecified atom stereocenters. The van der Waals surface area contributed by atoms with Crippen molar-refractivity contribution in [2.24, 2.45) is 5.73 Å². The summed E-state index contributed by atoms with van der Waals surface area (Å²) in [5.74, 6) is -0.997. The van der Waals surface area contributed by atoms with Crippen LogP contribution < -0.4 is 22.2 Å². The van der Waals surface area contributed by atoms with Gasteiger partial charge in [-0.3, -0.25) is 24.2 Å². The van der Waals surface area contributed by atoms with Gasteiger partial charge in [0, 0.05) is 39.7 Å². The Kier molecular flexibility index (Phi) is 3.43. The van der Waals surface area contributed by atoms with Gasteiger partial charge in [0.1, 0.15) is 0 Å². The Bertz CT molecular complexity index is 1880. The fourth-order valence-corrected chi connectivity index (χ4v) is 5.03. The number of amides is 2. The number of aromatic nitrogens is 1. The Morgan fingerprint density at radius 1 is 0.656 bits per heavy atom. The molecule has 5 aromatic carbocycles. The maximum Gasteiger partial charge on any atom is 0.258 e. The third-order valence-corrected chi connectivity index (χ3v) is 6.36. The lowest BCUT2D eigenvalue weighted by Gasteiger charge is -2.17. The first-order chi connectivity index (χ1) is 15.4. The van der Waals surface area contributed by atoms with Gasteiger partial charge in [-0.15, -0.1) is 0 Å². The van der Waals surface area contributed by atoms with Crippen LogP contribution in [0.2, 0.25) is 0 Å². The third kappa shape index (κ3) is 2.09. The summed E-state index contributed by atoms with van der Waals surface area (Å²) in [5, 5.41) is 8.66. The molecule has 8 rings (SSSR count). The molecule has 4 N–H and O–H groups in total. The van der Waals surface area contributed by atoms with Crippen molar-refractivity contribution in [2.75, 3.05) is 7.05 Å². The van der Waals surface area contributed by atoms with Crippen LogP contribution in [-0.2, 0) is 0 Å². The van der Waals surface area contributed by atoms with Crippen molar-refractivity contribution in [3.05, 3.63) is 80.4 Å². The predicted octanol–water partition coefficient (Wildman–Crippen LogP) is 2.84. The lowest BCUT2D eigenvalue weighted by atomic mass is 9.85. The van der Waals surface area contributed by atoms with Gasteiger partial charge in [0.05, 0.1) is 0 Å². The fourth-order valence-electron chi connectivity index (χ4n) is 5.03. The molecule has 0 aliphatic heterocycles. The molecule has 8 aromatic rings. The molecule has 0 aliphatic carbocycles. The van der Waals surface area contributed by atoms with E-state index < -0.39 is 17.0 Å². The van der Waals surface area contributed by atoms with Crippen LogP contribution >= 0.6 is 0 Å². The lowest BCUT2D eigenvalue weighted by Crippen LogP contribution is -2.19. The molecule has 2 amide bonds. The van der Waals surface area contributed by atoms with Crippen LogP contribution in [-0.4, -0.2) is 23.8 Å². The number of H-pyrrole nitrogens is 1. The van der Waals surface area contributed by atoms with E-state index in [1.54, 1.807) is 30.3 Å². The molecule has 0 radical (unpaired) electrons. The molecular formula is C25H15N3O4. The molecule has 3 heterocycles. The quantitative estimate of drug-likeness (QED) is 0.294. The van der Waals surface area contributed by atoms with Crippen LogP contribution in [0.4, 0.5) is 0 Å². The molecule has 0 spiro atoms. The van der Waals surface area contributed by atoms with Gasteiger partial charge in [0.25, 0.3) is 17.0 Å². The number of fused-ring (bicyclic) bond motifs is 1. The number of aromatic amines is 1. The number of rotatable bonds is 2. The van der Waals surface area contributed by atoms with Crippen LogP contribution in [0.3, 0.4) is 0 Å². The number of carbonyl (C=O) groups is 2. The minimum atomic E-state index is -0.662. The van der Waals surface area contributed by atoms with Crippen LogP contribution in [0.5, 0.6) is 0 Å². The summed E-state index contributed by atoms with van der Waals surface area (Å²) in [5.41, 5.74) is 4.94. The van der Waals surface area contributed by atoms with Gasteiger partial charge in [0.15, 0.2) is 0 Å². The number of carbonyl (C=O) groups excluding carboxylic acids is 2. The summed E-state index contributed by atoms with van der Waals surface area (Å²) >= 11 is 0. The molecule has 154 valence electrons. The monoisotopic (exact) mass is 421 g/mol. The van der Waals surface area contributed by atoms with Crippen molar-refractivity contribution < 1.29 is 9.59 Å². The Balaban J connectivity index is 2.15. The Morgan fingerprint density at radius 2 is 1.06 bits per heavy atom. The number of benzene rings is 5. The highest BCUT2D eigenvalue weighted by atomic mass is 16.2. The number of nitrogens with one attached hydrogen (secondary N) is 2. The zero-order chi connectivity index (χ0) is 22.3. The maximum absolute atomic E-state index is 13.2. The third-order valence-electron chi connectivity index (χ3n) is 6.36. The van der Waals surface area contributed by atoms with Crippen molar-refractivity contribution in [1.82, 2.24) is 10.3 Å². The van der Waals surface area contributed by atoms with E-state index in [-0.39, 0.29) is 22.2 Å². The van der Waals surface area contributed by atoms with E-state index >= 15 is 0 Å². The normalized spacial score (nSPS) is 11.9. The minimum absolute atomic E-state index is 0.193. The average Bonchev–Trinajstić information content (AvgIpc) is 2.84. The Labute approximate surface area is 179 Å². The second kappa shape index (κ2) is 6.01. The number of hydrogen-bond donors (Lipinski definition) is 3. The highest BCUT2D eigenvalue weighted by Crippen LogP contribution is 2.43. The van der Waals surface area contributed by atoms with Crippen molar-refractivity contribution in [2.45, 2.75) is 0 Å². The van der Waals surface area contributed by atoms with Crippen LogP contribution in [0.15, 0.2) is 58.1 Å². The SMILES string of the molecule is CNC(=O)c1ccc2c3ccc(C(N)=O)c4c5ccc(c6ccc(c(=O)[nH]c5=O)c1c26)c34. The van der Waals surface area contributed by atoms with Crippen molar-refractivity contribution >= 4 is 65.7 Å². The molecule has 7 heteroatoms. The van der Waals surface area contributed by atoms with E-state index in [1.165, 1.54) is 7.05 Å². The van der Waals surface area contributed by atoms with E-state index in [2.05, 4.69) is 10.3 Å². The van der Waals surface area contributed by atoms with Crippen LogP contribution in [0.25, 0.3) is 53.9 Å². The molecule has 0 fully saturated rings. The average molecular weight is 421 g/mol. The molecule has 0 saturated carbocycles. The van der Waals surface area contributed by atoms with Gasteiger partial charge in [-0.1, -0.05) is 24.3 Å². The standard InChI is InChI=1S/C25H15N3O4/c1-27-23(30)15-7-3-12-10-2-6-14(22(26)29)20-16-8-4-11(18(10)20)13-5-9-17(21(15)19(12)13)25(32)28-24(16)31/h2-9H,1H3,(H2,26,29)(H,27,30)(H,28,31,32). The first-order valence-electron chi connectivity index (χ1n) is 10.00. The van der Waals surface area contributed by atoms with Gasteiger partial charge in [-0.05, 0) is 56.6 Å². The number of nitrogens with two attached hydrogens (primary N) is 1. The van der Waals surface area contributed by atoms with E-state index in [4.69, 9.17) is 5.73 Å². The summed E-state index contributed by atoms with van der Waals surface area (Å²) in [6, 6.07) is 13.8. The topological polar surface area (TPSA) is 122 Å². The van der Waals surface area contributed by atoms with Crippen molar-refractivity contribution in [3.8, 4) is 0 Å². The molecule has 0 aliphatic rings. The van der Waals surface area contributed by atoms with Gasteiger partial charge in [0.2, 0.25) is 5.91 Å². The summed E-state index contributed by atoms with van der Waals surface area (Å²) in [7, 11) is 1.53. The fraction of sp³-hybridized carbons (Fsp3) is 0.0400. The summed E-state index contributed by atoms with van der Waals surface area (Å²) in [6.45, 7) is 0. The van der Waals surface area contributed by atoms with Crippen molar-refractivity contribution in [3.63, 3.8) is 0 Å². The number of hydrogen-bond acceptors (Lipinski definition) is 4. The summed E-state index contributed by atoms with van der Waals surface area (Å²) in [4.78, 5) is 53.8. The first kappa shape index (κ1) is 18.3. The minimum Gasteiger partial charge on any atom is -0.366 e. The van der Waals surface area contributed by atoms with Gasteiger partial charge < -0.3 is 11.1 Å². The van der Waals surface area contributed by atoms with Gasteiger partial charge >= 0.3 is 0 Å².